The van der Waals surface area contributed by atoms with Crippen LogP contribution in [0.15, 0.2) is 41.4 Å². The summed E-state index contributed by atoms with van der Waals surface area (Å²) in [6.07, 6.45) is 2.88. The van der Waals surface area contributed by atoms with E-state index in [1.54, 1.807) is 0 Å². The molecule has 1 aromatic rings. The molecule has 1 unspecified atom stereocenters. The molecule has 0 heterocycles. The highest BCUT2D eigenvalue weighted by molar-refractivity contribution is 9.10. The molecule has 2 heteroatoms. The van der Waals surface area contributed by atoms with Crippen molar-refractivity contribution >= 4 is 15.9 Å². The Bertz CT molecular complexity index is 296. The van der Waals surface area contributed by atoms with Crippen LogP contribution in [-0.4, -0.2) is 6.61 Å². The minimum absolute atomic E-state index is 0.134. The Morgan fingerprint density at radius 3 is 2.93 bits per heavy atom. The smallest absolute Gasteiger partial charge is 0.0859 e. The number of halogens is 1. The summed E-state index contributed by atoms with van der Waals surface area (Å²) >= 11 is 3.45. The van der Waals surface area contributed by atoms with Crippen molar-refractivity contribution in [3.05, 3.63) is 47.0 Å². The summed E-state index contributed by atoms with van der Waals surface area (Å²) in [5, 5.41) is 0. The first kappa shape index (κ1) is 11.5. The van der Waals surface area contributed by atoms with E-state index in [0.29, 0.717) is 0 Å². The van der Waals surface area contributed by atoms with E-state index in [0.717, 1.165) is 17.5 Å². The van der Waals surface area contributed by atoms with Crippen molar-refractivity contribution in [1.29, 1.82) is 0 Å². The molecule has 14 heavy (non-hydrogen) atoms. The molecule has 1 rings (SSSR count). The fraction of sp³-hybridized carbons (Fsp3) is 0.333. The van der Waals surface area contributed by atoms with Gasteiger partial charge in [0.2, 0.25) is 0 Å². The lowest BCUT2D eigenvalue weighted by molar-refractivity contribution is 0.0648. The molecule has 0 bridgehead atoms. The van der Waals surface area contributed by atoms with Gasteiger partial charge in [0.1, 0.15) is 0 Å². The van der Waals surface area contributed by atoms with E-state index in [4.69, 9.17) is 4.74 Å². The first-order chi connectivity index (χ1) is 6.77. The summed E-state index contributed by atoms with van der Waals surface area (Å²) in [6, 6.07) is 8.20. The van der Waals surface area contributed by atoms with Gasteiger partial charge < -0.3 is 4.74 Å². The first-order valence-electron chi connectivity index (χ1n) is 4.76. The van der Waals surface area contributed by atoms with Gasteiger partial charge in [-0.3, -0.25) is 0 Å². The minimum Gasteiger partial charge on any atom is -0.373 e. The molecule has 76 valence electrons. The normalized spacial score (nSPS) is 12.4. The van der Waals surface area contributed by atoms with Crippen LogP contribution in [0.4, 0.5) is 0 Å². The van der Waals surface area contributed by atoms with Gasteiger partial charge in [-0.1, -0.05) is 34.1 Å². The predicted octanol–water partition coefficient (Wildman–Crippen LogP) is 4.10. The zero-order valence-corrected chi connectivity index (χ0v) is 9.96. The van der Waals surface area contributed by atoms with Crippen LogP contribution in [0.1, 0.15) is 25.0 Å². The van der Waals surface area contributed by atoms with Gasteiger partial charge in [0, 0.05) is 11.1 Å². The van der Waals surface area contributed by atoms with E-state index in [1.807, 2.05) is 25.1 Å². The van der Waals surface area contributed by atoms with Crippen molar-refractivity contribution in [3.63, 3.8) is 0 Å². The molecule has 1 atom stereocenters. The summed E-state index contributed by atoms with van der Waals surface area (Å²) in [5.74, 6) is 0. The van der Waals surface area contributed by atoms with Crippen LogP contribution in [0.25, 0.3) is 0 Å². The summed E-state index contributed by atoms with van der Waals surface area (Å²) in [5.41, 5.74) is 1.20. The van der Waals surface area contributed by atoms with Crippen molar-refractivity contribution in [2.24, 2.45) is 0 Å². The molecule has 0 spiro atoms. The van der Waals surface area contributed by atoms with Gasteiger partial charge >= 0.3 is 0 Å². The number of ether oxygens (including phenoxy) is 1. The number of hydrogen-bond acceptors (Lipinski definition) is 1. The van der Waals surface area contributed by atoms with Crippen LogP contribution >= 0.6 is 15.9 Å². The van der Waals surface area contributed by atoms with Crippen LogP contribution in [-0.2, 0) is 4.74 Å². The molecule has 0 saturated heterocycles. The zero-order chi connectivity index (χ0) is 10.4. The van der Waals surface area contributed by atoms with Gasteiger partial charge in [0.25, 0.3) is 0 Å². The Morgan fingerprint density at radius 2 is 2.36 bits per heavy atom. The Balaban J connectivity index is 2.80. The van der Waals surface area contributed by atoms with Gasteiger partial charge in [-0.05, 0) is 31.0 Å². The molecule has 0 aromatic heterocycles. The van der Waals surface area contributed by atoms with E-state index in [1.165, 1.54) is 5.56 Å². The molecular weight excluding hydrogens is 240 g/mol. The average Bonchev–Trinajstić information content (AvgIpc) is 2.17. The first-order valence-corrected chi connectivity index (χ1v) is 5.55. The van der Waals surface area contributed by atoms with Crippen LogP contribution in [0, 0.1) is 0 Å². The molecule has 1 aromatic carbocycles. The highest BCUT2D eigenvalue weighted by Crippen LogP contribution is 2.24. The molecule has 0 saturated carbocycles. The molecule has 1 nitrogen and oxygen atoms in total. The van der Waals surface area contributed by atoms with Crippen molar-refractivity contribution in [2.45, 2.75) is 19.4 Å². The maximum atomic E-state index is 5.63. The molecule has 0 aliphatic rings. The van der Waals surface area contributed by atoms with Gasteiger partial charge in [-0.2, -0.15) is 0 Å². The van der Waals surface area contributed by atoms with Gasteiger partial charge in [-0.15, -0.1) is 6.58 Å². The SMILES string of the molecule is C=CCC(OCC)c1cccc(Br)c1. The maximum Gasteiger partial charge on any atom is 0.0859 e. The molecule has 0 amide bonds. The van der Waals surface area contributed by atoms with E-state index in [2.05, 4.69) is 34.6 Å². The molecular formula is C12H15BrO. The van der Waals surface area contributed by atoms with Crippen molar-refractivity contribution in [3.8, 4) is 0 Å². The largest absolute Gasteiger partial charge is 0.373 e. The third-order valence-electron chi connectivity index (χ3n) is 1.97. The minimum atomic E-state index is 0.134. The maximum absolute atomic E-state index is 5.63. The molecule has 0 fully saturated rings. The highest BCUT2D eigenvalue weighted by atomic mass is 79.9. The molecule has 0 aliphatic carbocycles. The fourth-order valence-corrected chi connectivity index (χ4v) is 1.78. The summed E-state index contributed by atoms with van der Waals surface area (Å²) in [7, 11) is 0. The Morgan fingerprint density at radius 1 is 1.57 bits per heavy atom. The second kappa shape index (κ2) is 5.99. The second-order valence-electron chi connectivity index (χ2n) is 3.02. The fourth-order valence-electron chi connectivity index (χ4n) is 1.36. The van der Waals surface area contributed by atoms with Crippen molar-refractivity contribution in [1.82, 2.24) is 0 Å². The standard InChI is InChI=1S/C12H15BrO/c1-3-6-12(14-4-2)10-7-5-8-11(13)9-10/h3,5,7-9,12H,1,4,6H2,2H3. The second-order valence-corrected chi connectivity index (χ2v) is 3.94. The number of rotatable bonds is 5. The third-order valence-corrected chi connectivity index (χ3v) is 2.46. The van der Waals surface area contributed by atoms with Crippen LogP contribution in [0.2, 0.25) is 0 Å². The van der Waals surface area contributed by atoms with E-state index in [9.17, 15) is 0 Å². The van der Waals surface area contributed by atoms with Gasteiger partial charge in [0.05, 0.1) is 6.10 Å². The van der Waals surface area contributed by atoms with Gasteiger partial charge in [-0.25, -0.2) is 0 Å². The molecule has 0 radical (unpaired) electrons. The monoisotopic (exact) mass is 254 g/mol. The lowest BCUT2D eigenvalue weighted by Crippen LogP contribution is -2.02. The topological polar surface area (TPSA) is 9.23 Å². The molecule has 0 N–H and O–H groups in total. The average molecular weight is 255 g/mol. The molecule has 0 aliphatic heterocycles. The van der Waals surface area contributed by atoms with E-state index < -0.39 is 0 Å². The highest BCUT2D eigenvalue weighted by Gasteiger charge is 2.09. The lowest BCUT2D eigenvalue weighted by atomic mass is 10.1. The summed E-state index contributed by atoms with van der Waals surface area (Å²) in [4.78, 5) is 0. The van der Waals surface area contributed by atoms with Gasteiger partial charge in [0.15, 0.2) is 0 Å². The zero-order valence-electron chi connectivity index (χ0n) is 8.37. The third kappa shape index (κ3) is 3.28. The van der Waals surface area contributed by atoms with E-state index in [-0.39, 0.29) is 6.10 Å². The Hall–Kier alpha value is -0.600. The summed E-state index contributed by atoms with van der Waals surface area (Å²) < 4.78 is 6.72. The van der Waals surface area contributed by atoms with Crippen molar-refractivity contribution < 1.29 is 4.74 Å². The summed E-state index contributed by atoms with van der Waals surface area (Å²) in [6.45, 7) is 6.47. The lowest BCUT2D eigenvalue weighted by Gasteiger charge is -2.15. The number of benzene rings is 1. The Labute approximate surface area is 93.9 Å². The van der Waals surface area contributed by atoms with Crippen LogP contribution in [0.3, 0.4) is 0 Å². The van der Waals surface area contributed by atoms with Crippen LogP contribution in [0.5, 0.6) is 0 Å². The quantitative estimate of drug-likeness (QED) is 0.719. The van der Waals surface area contributed by atoms with Crippen LogP contribution < -0.4 is 0 Å². The van der Waals surface area contributed by atoms with Crippen molar-refractivity contribution in [2.75, 3.05) is 6.61 Å². The predicted molar refractivity (Wildman–Crippen MR) is 63.3 cm³/mol. The Kier molecular flexibility index (Phi) is 4.91. The number of hydrogen-bond donors (Lipinski definition) is 0. The van der Waals surface area contributed by atoms with E-state index >= 15 is 0 Å².